The summed E-state index contributed by atoms with van der Waals surface area (Å²) in [6.45, 7) is 0.490. The van der Waals surface area contributed by atoms with Gasteiger partial charge in [0.05, 0.1) is 18.2 Å². The number of phenols is 1. The molecule has 0 atom stereocenters. The summed E-state index contributed by atoms with van der Waals surface area (Å²) in [5, 5.41) is 16.9. The number of rotatable bonds is 5. The molecule has 1 aromatic carbocycles. The molecule has 6 nitrogen and oxygen atoms in total. The van der Waals surface area contributed by atoms with E-state index in [1.165, 1.54) is 19.2 Å². The smallest absolute Gasteiger partial charge is 0.255 e. The van der Waals surface area contributed by atoms with Crippen molar-refractivity contribution in [3.8, 4) is 11.5 Å². The van der Waals surface area contributed by atoms with E-state index in [9.17, 15) is 9.90 Å². The normalized spacial score (nSPS) is 15.5. The molecule has 6 heteroatoms. The molecule has 110 valence electrons. The molecule has 3 rings (SSSR count). The minimum Gasteiger partial charge on any atom is -0.507 e. The lowest BCUT2D eigenvalue weighted by Gasteiger charge is -2.17. The molecule has 1 fully saturated rings. The third kappa shape index (κ3) is 2.56. The van der Waals surface area contributed by atoms with E-state index >= 15 is 0 Å². The Kier molecular flexibility index (Phi) is 3.29. The van der Waals surface area contributed by atoms with Crippen LogP contribution in [-0.2, 0) is 5.54 Å². The van der Waals surface area contributed by atoms with Crippen molar-refractivity contribution in [2.45, 2.75) is 18.4 Å². The minimum absolute atomic E-state index is 0.0581. The van der Waals surface area contributed by atoms with Crippen molar-refractivity contribution in [3.63, 3.8) is 0 Å². The molecule has 0 radical (unpaired) electrons. The van der Waals surface area contributed by atoms with Gasteiger partial charge >= 0.3 is 0 Å². The Morgan fingerprint density at radius 2 is 2.33 bits per heavy atom. The zero-order valence-electron chi connectivity index (χ0n) is 11.7. The highest BCUT2D eigenvalue weighted by Crippen LogP contribution is 2.42. The van der Waals surface area contributed by atoms with Gasteiger partial charge in [-0.15, -0.1) is 0 Å². The first-order valence-corrected chi connectivity index (χ1v) is 6.80. The van der Waals surface area contributed by atoms with Crippen LogP contribution in [0.3, 0.4) is 0 Å². The quantitative estimate of drug-likeness (QED) is 0.874. The van der Waals surface area contributed by atoms with Crippen LogP contribution in [0.2, 0.25) is 0 Å². The highest BCUT2D eigenvalue weighted by molar-refractivity contribution is 5.97. The number of carbonyl (C=O) groups excluding carboxylic acids is 1. The summed E-state index contributed by atoms with van der Waals surface area (Å²) in [5.74, 6) is 0.160. The van der Waals surface area contributed by atoms with Crippen LogP contribution in [0.25, 0.3) is 0 Å². The summed E-state index contributed by atoms with van der Waals surface area (Å²) in [6, 6.07) is 6.46. The number of aromatic nitrogens is 2. The molecule has 1 heterocycles. The van der Waals surface area contributed by atoms with Gasteiger partial charge in [0.1, 0.15) is 11.5 Å². The fourth-order valence-corrected chi connectivity index (χ4v) is 2.34. The first-order chi connectivity index (χ1) is 10.1. The molecular weight excluding hydrogens is 270 g/mol. The van der Waals surface area contributed by atoms with E-state index in [2.05, 4.69) is 10.4 Å². The standard InChI is InChI=1S/C15H17N3O3/c1-21-11-3-4-13(19)12(9-11)14(20)16-10-15(5-6-15)18-8-2-7-17-18/h2-4,7-9,19H,5-6,10H2,1H3,(H,16,20). The van der Waals surface area contributed by atoms with E-state index in [0.29, 0.717) is 12.3 Å². The van der Waals surface area contributed by atoms with Crippen molar-refractivity contribution in [1.29, 1.82) is 0 Å². The lowest BCUT2D eigenvalue weighted by atomic mass is 10.1. The largest absolute Gasteiger partial charge is 0.507 e. The number of amides is 1. The van der Waals surface area contributed by atoms with Gasteiger partial charge in [0, 0.05) is 18.9 Å². The Morgan fingerprint density at radius 1 is 1.52 bits per heavy atom. The zero-order chi connectivity index (χ0) is 14.9. The average Bonchev–Trinajstić information content (AvgIpc) is 3.08. The number of nitrogens with one attached hydrogen (secondary N) is 1. The molecule has 1 aliphatic rings. The second-order valence-electron chi connectivity index (χ2n) is 5.24. The van der Waals surface area contributed by atoms with Gasteiger partial charge < -0.3 is 15.2 Å². The maximum absolute atomic E-state index is 12.2. The van der Waals surface area contributed by atoms with Crippen LogP contribution >= 0.6 is 0 Å². The second kappa shape index (κ2) is 5.12. The van der Waals surface area contributed by atoms with Crippen molar-refractivity contribution >= 4 is 5.91 Å². The number of aromatic hydroxyl groups is 1. The lowest BCUT2D eigenvalue weighted by molar-refractivity contribution is 0.0941. The highest BCUT2D eigenvalue weighted by Gasteiger charge is 2.45. The van der Waals surface area contributed by atoms with E-state index < -0.39 is 0 Å². The molecule has 1 saturated carbocycles. The van der Waals surface area contributed by atoms with Gasteiger partial charge in [-0.05, 0) is 37.1 Å². The van der Waals surface area contributed by atoms with Crippen molar-refractivity contribution in [3.05, 3.63) is 42.2 Å². The molecule has 2 N–H and O–H groups in total. The number of hydrogen-bond acceptors (Lipinski definition) is 4. The third-order valence-corrected chi connectivity index (χ3v) is 3.84. The molecule has 1 amide bonds. The number of benzene rings is 1. The second-order valence-corrected chi connectivity index (χ2v) is 5.24. The van der Waals surface area contributed by atoms with Gasteiger partial charge in [0.15, 0.2) is 0 Å². The molecule has 21 heavy (non-hydrogen) atoms. The van der Waals surface area contributed by atoms with Gasteiger partial charge in [-0.1, -0.05) is 0 Å². The topological polar surface area (TPSA) is 76.4 Å². The number of methoxy groups -OCH3 is 1. The van der Waals surface area contributed by atoms with Gasteiger partial charge in [0.2, 0.25) is 0 Å². The summed E-state index contributed by atoms with van der Waals surface area (Å²) in [5.41, 5.74) is 0.0961. The van der Waals surface area contributed by atoms with Gasteiger partial charge in [0.25, 0.3) is 5.91 Å². The predicted molar refractivity (Wildman–Crippen MR) is 76.4 cm³/mol. The molecule has 0 saturated heterocycles. The van der Waals surface area contributed by atoms with Crippen molar-refractivity contribution in [2.24, 2.45) is 0 Å². The zero-order valence-corrected chi connectivity index (χ0v) is 11.7. The van der Waals surface area contributed by atoms with Crippen LogP contribution in [0.1, 0.15) is 23.2 Å². The molecule has 0 unspecified atom stereocenters. The fourth-order valence-electron chi connectivity index (χ4n) is 2.34. The first kappa shape index (κ1) is 13.5. The number of carbonyl (C=O) groups is 1. The monoisotopic (exact) mass is 287 g/mol. The van der Waals surface area contributed by atoms with Crippen molar-refractivity contribution in [1.82, 2.24) is 15.1 Å². The maximum Gasteiger partial charge on any atom is 0.255 e. The van der Waals surface area contributed by atoms with Crippen LogP contribution in [0, 0.1) is 0 Å². The molecule has 0 bridgehead atoms. The summed E-state index contributed by atoms with van der Waals surface area (Å²) in [4.78, 5) is 12.2. The number of ether oxygens (including phenoxy) is 1. The average molecular weight is 287 g/mol. The van der Waals surface area contributed by atoms with E-state index in [1.807, 2.05) is 16.9 Å². The number of phenolic OH excluding ortho intramolecular Hbond substituents is 1. The Bertz CT molecular complexity index is 648. The van der Waals surface area contributed by atoms with Crippen molar-refractivity contribution < 1.29 is 14.6 Å². The highest BCUT2D eigenvalue weighted by atomic mass is 16.5. The summed E-state index contributed by atoms with van der Waals surface area (Å²) < 4.78 is 6.96. The summed E-state index contributed by atoms with van der Waals surface area (Å²) >= 11 is 0. The van der Waals surface area contributed by atoms with E-state index in [-0.39, 0.29) is 22.8 Å². The Morgan fingerprint density at radius 3 is 2.95 bits per heavy atom. The van der Waals surface area contributed by atoms with Crippen LogP contribution in [-0.4, -0.2) is 34.4 Å². The van der Waals surface area contributed by atoms with Gasteiger partial charge in [-0.25, -0.2) is 0 Å². The van der Waals surface area contributed by atoms with Gasteiger partial charge in [-0.3, -0.25) is 9.48 Å². The number of nitrogens with zero attached hydrogens (tertiary/aromatic N) is 2. The van der Waals surface area contributed by atoms with Gasteiger partial charge in [-0.2, -0.15) is 5.10 Å². The molecule has 1 aromatic heterocycles. The van der Waals surface area contributed by atoms with E-state index in [4.69, 9.17) is 4.74 Å². The van der Waals surface area contributed by atoms with Crippen LogP contribution in [0.4, 0.5) is 0 Å². The third-order valence-electron chi connectivity index (χ3n) is 3.84. The summed E-state index contributed by atoms with van der Waals surface area (Å²) in [7, 11) is 1.52. The predicted octanol–water partition coefficient (Wildman–Crippen LogP) is 1.52. The fraction of sp³-hybridized carbons (Fsp3) is 0.333. The molecule has 1 aliphatic carbocycles. The molecule has 0 aliphatic heterocycles. The molecule has 0 spiro atoms. The summed E-state index contributed by atoms with van der Waals surface area (Å²) in [6.07, 6.45) is 5.61. The molecule has 2 aromatic rings. The van der Waals surface area contributed by atoms with Crippen molar-refractivity contribution in [2.75, 3.05) is 13.7 Å². The Balaban J connectivity index is 1.70. The van der Waals surface area contributed by atoms with E-state index in [1.54, 1.807) is 12.3 Å². The molecular formula is C15H17N3O3. The number of hydrogen-bond donors (Lipinski definition) is 2. The first-order valence-electron chi connectivity index (χ1n) is 6.80. The van der Waals surface area contributed by atoms with Crippen LogP contribution in [0.5, 0.6) is 11.5 Å². The van der Waals surface area contributed by atoms with E-state index in [0.717, 1.165) is 12.8 Å². The van der Waals surface area contributed by atoms with Crippen LogP contribution in [0.15, 0.2) is 36.7 Å². The van der Waals surface area contributed by atoms with Crippen LogP contribution < -0.4 is 10.1 Å². The SMILES string of the molecule is COc1ccc(O)c(C(=O)NCC2(n3cccn3)CC2)c1. The lowest BCUT2D eigenvalue weighted by Crippen LogP contribution is -2.35. The maximum atomic E-state index is 12.2. The minimum atomic E-state index is -0.315. The Hall–Kier alpha value is -2.50. The Labute approximate surface area is 122 Å².